The predicted octanol–water partition coefficient (Wildman–Crippen LogP) is 4.03. The molecule has 0 spiro atoms. The molecule has 1 aliphatic rings. The lowest BCUT2D eigenvalue weighted by atomic mass is 9.90. The fourth-order valence-corrected chi connectivity index (χ4v) is 2.97. The van der Waals surface area contributed by atoms with E-state index in [1.54, 1.807) is 12.1 Å². The second kappa shape index (κ2) is 7.64. The number of halogens is 2. The van der Waals surface area contributed by atoms with Gasteiger partial charge in [0.2, 0.25) is 0 Å². The molecule has 0 aromatic heterocycles. The second-order valence-electron chi connectivity index (χ2n) is 6.35. The second-order valence-corrected chi connectivity index (χ2v) is 6.35. The highest BCUT2D eigenvalue weighted by molar-refractivity contribution is 5.97. The quantitative estimate of drug-likeness (QED) is 0.839. The van der Waals surface area contributed by atoms with Crippen molar-refractivity contribution >= 4 is 17.6 Å². The predicted molar refractivity (Wildman–Crippen MR) is 92.9 cm³/mol. The Balaban J connectivity index is 1.65. The Bertz CT molecular complexity index is 851. The van der Waals surface area contributed by atoms with Crippen LogP contribution in [0.15, 0.2) is 36.4 Å². The Hall–Kier alpha value is -2.76. The minimum absolute atomic E-state index is 0.299. The van der Waals surface area contributed by atoms with E-state index in [1.807, 2.05) is 6.07 Å². The summed E-state index contributed by atoms with van der Waals surface area (Å²) in [5.74, 6) is -2.81. The van der Waals surface area contributed by atoms with E-state index >= 15 is 0 Å². The van der Waals surface area contributed by atoms with Gasteiger partial charge in [-0.3, -0.25) is 4.79 Å². The van der Waals surface area contributed by atoms with Crippen molar-refractivity contribution in [1.29, 1.82) is 0 Å². The van der Waals surface area contributed by atoms with Gasteiger partial charge in [-0.25, -0.2) is 13.6 Å². The first-order chi connectivity index (χ1) is 12.4. The lowest BCUT2D eigenvalue weighted by molar-refractivity contribution is -0.123. The maximum absolute atomic E-state index is 13.6. The van der Waals surface area contributed by atoms with E-state index in [4.69, 9.17) is 4.74 Å². The molecule has 1 atom stereocenters. The van der Waals surface area contributed by atoms with Crippen LogP contribution in [0.2, 0.25) is 0 Å². The van der Waals surface area contributed by atoms with E-state index in [9.17, 15) is 18.4 Å². The lowest BCUT2D eigenvalue weighted by Crippen LogP contribution is -2.30. The fourth-order valence-electron chi connectivity index (χ4n) is 2.97. The van der Waals surface area contributed by atoms with Crippen molar-refractivity contribution < 1.29 is 23.1 Å². The summed E-state index contributed by atoms with van der Waals surface area (Å²) in [6.07, 6.45) is 3.00. The molecular formula is C20H19F2NO3. The largest absolute Gasteiger partial charge is 0.449 e. The number of rotatable bonds is 4. The molecule has 3 rings (SSSR count). The minimum Gasteiger partial charge on any atom is -0.449 e. The van der Waals surface area contributed by atoms with Crippen LogP contribution in [0.25, 0.3) is 0 Å². The number of benzene rings is 2. The summed E-state index contributed by atoms with van der Waals surface area (Å²) in [4.78, 5) is 24.4. The van der Waals surface area contributed by atoms with E-state index in [2.05, 4.69) is 5.32 Å². The van der Waals surface area contributed by atoms with E-state index in [0.717, 1.165) is 49.4 Å². The van der Waals surface area contributed by atoms with Gasteiger partial charge in [0, 0.05) is 6.07 Å². The van der Waals surface area contributed by atoms with Gasteiger partial charge in [0.05, 0.1) is 11.3 Å². The first kappa shape index (κ1) is 18.0. The standard InChI is InChI=1S/C20H19F2NO3/c1-12(19(24)23-18-11-16(21)8-9-17(18)22)26-20(25)15-7-6-13-4-2-3-5-14(13)10-15/h6-12H,2-5H2,1H3,(H,23,24)/t12-/m1/s1. The highest BCUT2D eigenvalue weighted by Crippen LogP contribution is 2.23. The summed E-state index contributed by atoms with van der Waals surface area (Å²) in [5.41, 5.74) is 2.44. The zero-order chi connectivity index (χ0) is 18.7. The Kier molecular flexibility index (Phi) is 5.30. The lowest BCUT2D eigenvalue weighted by Gasteiger charge is -2.17. The molecule has 0 radical (unpaired) electrons. The smallest absolute Gasteiger partial charge is 0.338 e. The summed E-state index contributed by atoms with van der Waals surface area (Å²) in [6, 6.07) is 8.12. The van der Waals surface area contributed by atoms with Crippen LogP contribution in [-0.4, -0.2) is 18.0 Å². The van der Waals surface area contributed by atoms with Gasteiger partial charge in [-0.2, -0.15) is 0 Å². The Morgan fingerprint density at radius 1 is 1.04 bits per heavy atom. The maximum atomic E-state index is 13.6. The molecule has 4 nitrogen and oxygen atoms in total. The third-order valence-electron chi connectivity index (χ3n) is 4.42. The van der Waals surface area contributed by atoms with Gasteiger partial charge in [0.1, 0.15) is 11.6 Å². The molecule has 0 saturated carbocycles. The zero-order valence-corrected chi connectivity index (χ0v) is 14.4. The third-order valence-corrected chi connectivity index (χ3v) is 4.42. The van der Waals surface area contributed by atoms with Gasteiger partial charge in [-0.1, -0.05) is 6.07 Å². The number of nitrogens with one attached hydrogen (secondary N) is 1. The van der Waals surface area contributed by atoms with Gasteiger partial charge >= 0.3 is 5.97 Å². The van der Waals surface area contributed by atoms with Crippen molar-refractivity contribution in [3.05, 3.63) is 64.7 Å². The van der Waals surface area contributed by atoms with Crippen LogP contribution >= 0.6 is 0 Å². The molecule has 6 heteroatoms. The molecule has 1 N–H and O–H groups in total. The number of aryl methyl sites for hydroxylation is 2. The van der Waals surface area contributed by atoms with Gasteiger partial charge in [-0.05, 0) is 68.0 Å². The molecule has 0 heterocycles. The summed E-state index contributed by atoms with van der Waals surface area (Å²) in [5, 5.41) is 2.23. The Morgan fingerprint density at radius 2 is 1.77 bits per heavy atom. The summed E-state index contributed by atoms with van der Waals surface area (Å²) < 4.78 is 31.9. The first-order valence-corrected chi connectivity index (χ1v) is 8.53. The Morgan fingerprint density at radius 3 is 2.54 bits per heavy atom. The number of anilines is 1. The van der Waals surface area contributed by atoms with Gasteiger partial charge < -0.3 is 10.1 Å². The number of ether oxygens (including phenoxy) is 1. The summed E-state index contributed by atoms with van der Waals surface area (Å²) >= 11 is 0. The molecule has 1 aliphatic carbocycles. The average molecular weight is 359 g/mol. The van der Waals surface area contributed by atoms with E-state index in [1.165, 1.54) is 12.5 Å². The van der Waals surface area contributed by atoms with E-state index in [0.29, 0.717) is 5.56 Å². The number of amides is 1. The molecule has 0 fully saturated rings. The molecule has 2 aromatic rings. The molecule has 0 unspecified atom stereocenters. The number of fused-ring (bicyclic) bond motifs is 1. The van der Waals surface area contributed by atoms with Crippen molar-refractivity contribution in [2.24, 2.45) is 0 Å². The van der Waals surface area contributed by atoms with Crippen molar-refractivity contribution in [1.82, 2.24) is 0 Å². The van der Waals surface area contributed by atoms with Crippen molar-refractivity contribution in [2.75, 3.05) is 5.32 Å². The number of hydrogen-bond donors (Lipinski definition) is 1. The van der Waals surface area contributed by atoms with Crippen LogP contribution < -0.4 is 5.32 Å². The highest BCUT2D eigenvalue weighted by atomic mass is 19.1. The number of carbonyl (C=O) groups is 2. The number of hydrogen-bond acceptors (Lipinski definition) is 3. The molecule has 0 aliphatic heterocycles. The fraction of sp³-hybridized carbons (Fsp3) is 0.300. The highest BCUT2D eigenvalue weighted by Gasteiger charge is 2.21. The normalized spacial score (nSPS) is 14.3. The van der Waals surface area contributed by atoms with Crippen molar-refractivity contribution in [2.45, 2.75) is 38.7 Å². The van der Waals surface area contributed by atoms with E-state index in [-0.39, 0.29) is 5.69 Å². The molecular weight excluding hydrogens is 340 g/mol. The van der Waals surface area contributed by atoms with Gasteiger partial charge in [-0.15, -0.1) is 0 Å². The maximum Gasteiger partial charge on any atom is 0.338 e. The average Bonchev–Trinajstić information content (AvgIpc) is 2.64. The SMILES string of the molecule is C[C@@H](OC(=O)c1ccc2c(c1)CCCC2)C(=O)Nc1cc(F)ccc1F. The minimum atomic E-state index is -1.15. The first-order valence-electron chi connectivity index (χ1n) is 8.53. The van der Waals surface area contributed by atoms with Gasteiger partial charge in [0.15, 0.2) is 6.10 Å². The van der Waals surface area contributed by atoms with Crippen LogP contribution in [0.1, 0.15) is 41.3 Å². The summed E-state index contributed by atoms with van der Waals surface area (Å²) in [7, 11) is 0. The van der Waals surface area contributed by atoms with Crippen molar-refractivity contribution in [3.63, 3.8) is 0 Å². The molecule has 26 heavy (non-hydrogen) atoms. The molecule has 2 aromatic carbocycles. The third kappa shape index (κ3) is 4.07. The topological polar surface area (TPSA) is 55.4 Å². The molecule has 1 amide bonds. The number of carbonyl (C=O) groups excluding carboxylic acids is 2. The van der Waals surface area contributed by atoms with Crippen LogP contribution in [0.3, 0.4) is 0 Å². The molecule has 0 bridgehead atoms. The van der Waals surface area contributed by atoms with Crippen LogP contribution in [-0.2, 0) is 22.4 Å². The van der Waals surface area contributed by atoms with E-state index < -0.39 is 29.6 Å². The zero-order valence-electron chi connectivity index (χ0n) is 14.4. The summed E-state index contributed by atoms with van der Waals surface area (Å²) in [6.45, 7) is 1.38. The van der Waals surface area contributed by atoms with Crippen LogP contribution in [0.4, 0.5) is 14.5 Å². The number of esters is 1. The van der Waals surface area contributed by atoms with Crippen molar-refractivity contribution in [3.8, 4) is 0 Å². The monoisotopic (exact) mass is 359 g/mol. The van der Waals surface area contributed by atoms with Crippen LogP contribution in [0.5, 0.6) is 0 Å². The van der Waals surface area contributed by atoms with Gasteiger partial charge in [0.25, 0.3) is 5.91 Å². The Labute approximate surface area is 150 Å². The molecule has 136 valence electrons. The molecule has 0 saturated heterocycles. The van der Waals surface area contributed by atoms with Crippen LogP contribution in [0, 0.1) is 11.6 Å².